The molecule has 3 nitrogen and oxygen atoms in total. The minimum Gasteiger partial charge on any atom is -0.461 e. The quantitative estimate of drug-likeness (QED) is 0.545. The SMILES string of the molecule is O=C(CCC[C@@H]1CO1)OCc1ccccc1. The molecule has 2 rings (SSSR count). The molecule has 1 aromatic rings. The molecule has 1 aliphatic rings. The molecule has 0 unspecified atom stereocenters. The molecule has 0 aromatic heterocycles. The van der Waals surface area contributed by atoms with Crippen LogP contribution in [0, 0.1) is 0 Å². The Bertz CT molecular complexity index is 330. The van der Waals surface area contributed by atoms with Crippen LogP contribution in [0.25, 0.3) is 0 Å². The third kappa shape index (κ3) is 4.03. The number of benzene rings is 1. The summed E-state index contributed by atoms with van der Waals surface area (Å²) in [6.07, 6.45) is 2.73. The highest BCUT2D eigenvalue weighted by molar-refractivity contribution is 5.69. The van der Waals surface area contributed by atoms with Crippen LogP contribution in [0.3, 0.4) is 0 Å². The minimum atomic E-state index is -0.121. The monoisotopic (exact) mass is 220 g/mol. The highest BCUT2D eigenvalue weighted by Gasteiger charge is 2.21. The maximum Gasteiger partial charge on any atom is 0.306 e. The fraction of sp³-hybridized carbons (Fsp3) is 0.462. The Morgan fingerprint density at radius 2 is 2.12 bits per heavy atom. The molecule has 0 spiro atoms. The van der Waals surface area contributed by atoms with Crippen molar-refractivity contribution < 1.29 is 14.3 Å². The van der Waals surface area contributed by atoms with Crippen molar-refractivity contribution in [2.45, 2.75) is 32.0 Å². The first-order valence-corrected chi connectivity index (χ1v) is 5.66. The molecule has 0 amide bonds. The van der Waals surface area contributed by atoms with Crippen molar-refractivity contribution in [2.75, 3.05) is 6.61 Å². The lowest BCUT2D eigenvalue weighted by atomic mass is 10.2. The van der Waals surface area contributed by atoms with Crippen molar-refractivity contribution >= 4 is 5.97 Å². The van der Waals surface area contributed by atoms with Crippen LogP contribution < -0.4 is 0 Å². The third-order valence-electron chi connectivity index (χ3n) is 2.55. The molecule has 1 heterocycles. The van der Waals surface area contributed by atoms with E-state index in [0.29, 0.717) is 19.1 Å². The molecule has 3 heteroatoms. The van der Waals surface area contributed by atoms with Crippen LogP contribution in [0.4, 0.5) is 0 Å². The van der Waals surface area contributed by atoms with Gasteiger partial charge in [-0.25, -0.2) is 0 Å². The molecule has 1 aliphatic heterocycles. The first kappa shape index (κ1) is 11.1. The summed E-state index contributed by atoms with van der Waals surface area (Å²) < 4.78 is 10.2. The van der Waals surface area contributed by atoms with E-state index < -0.39 is 0 Å². The Labute approximate surface area is 95.4 Å². The van der Waals surface area contributed by atoms with Gasteiger partial charge in [-0.2, -0.15) is 0 Å². The Balaban J connectivity index is 1.59. The number of epoxide rings is 1. The molecule has 0 radical (unpaired) electrons. The van der Waals surface area contributed by atoms with E-state index >= 15 is 0 Å². The second-order valence-corrected chi connectivity index (χ2v) is 3.99. The van der Waals surface area contributed by atoms with E-state index in [1.54, 1.807) is 0 Å². The van der Waals surface area contributed by atoms with Gasteiger partial charge in [-0.15, -0.1) is 0 Å². The van der Waals surface area contributed by atoms with Crippen molar-refractivity contribution in [1.82, 2.24) is 0 Å². The summed E-state index contributed by atoms with van der Waals surface area (Å²) in [4.78, 5) is 11.4. The van der Waals surface area contributed by atoms with Crippen molar-refractivity contribution in [3.05, 3.63) is 35.9 Å². The summed E-state index contributed by atoms with van der Waals surface area (Å²) in [7, 11) is 0. The van der Waals surface area contributed by atoms with Crippen LogP contribution in [-0.2, 0) is 20.9 Å². The van der Waals surface area contributed by atoms with Gasteiger partial charge in [0, 0.05) is 6.42 Å². The number of hydrogen-bond donors (Lipinski definition) is 0. The number of carbonyl (C=O) groups excluding carboxylic acids is 1. The van der Waals surface area contributed by atoms with Crippen molar-refractivity contribution in [2.24, 2.45) is 0 Å². The van der Waals surface area contributed by atoms with Crippen LogP contribution in [-0.4, -0.2) is 18.7 Å². The Morgan fingerprint density at radius 3 is 2.81 bits per heavy atom. The molecule has 86 valence electrons. The maximum atomic E-state index is 11.4. The predicted octanol–water partition coefficient (Wildman–Crippen LogP) is 2.30. The van der Waals surface area contributed by atoms with Gasteiger partial charge >= 0.3 is 5.97 Å². The lowest BCUT2D eigenvalue weighted by Crippen LogP contribution is -2.04. The number of esters is 1. The molecule has 0 saturated carbocycles. The van der Waals surface area contributed by atoms with Gasteiger partial charge in [-0.05, 0) is 18.4 Å². The standard InChI is InChI=1S/C13H16O3/c14-13(8-4-7-12-10-15-12)16-9-11-5-2-1-3-6-11/h1-3,5-6,12H,4,7-10H2/t12-/m1/s1. The zero-order valence-corrected chi connectivity index (χ0v) is 9.22. The summed E-state index contributed by atoms with van der Waals surface area (Å²) in [6.45, 7) is 1.23. The smallest absolute Gasteiger partial charge is 0.306 e. The summed E-state index contributed by atoms with van der Waals surface area (Å²) in [5.74, 6) is -0.121. The lowest BCUT2D eigenvalue weighted by Gasteiger charge is -2.04. The van der Waals surface area contributed by atoms with Gasteiger partial charge in [-0.1, -0.05) is 30.3 Å². The van der Waals surface area contributed by atoms with Crippen LogP contribution in [0.1, 0.15) is 24.8 Å². The Hall–Kier alpha value is -1.35. The Morgan fingerprint density at radius 1 is 1.38 bits per heavy atom. The summed E-state index contributed by atoms with van der Waals surface area (Å²) in [5.41, 5.74) is 1.03. The average Bonchev–Trinajstić information content (AvgIpc) is 3.12. The molecule has 1 fully saturated rings. The van der Waals surface area contributed by atoms with Crippen LogP contribution in [0.5, 0.6) is 0 Å². The van der Waals surface area contributed by atoms with E-state index in [4.69, 9.17) is 9.47 Å². The van der Waals surface area contributed by atoms with Gasteiger partial charge in [0.2, 0.25) is 0 Å². The minimum absolute atomic E-state index is 0.121. The lowest BCUT2D eigenvalue weighted by molar-refractivity contribution is -0.145. The van der Waals surface area contributed by atoms with Crippen LogP contribution >= 0.6 is 0 Å². The molecule has 1 atom stereocenters. The third-order valence-corrected chi connectivity index (χ3v) is 2.55. The number of hydrogen-bond acceptors (Lipinski definition) is 3. The van der Waals surface area contributed by atoms with E-state index in [0.717, 1.165) is 25.0 Å². The maximum absolute atomic E-state index is 11.4. The van der Waals surface area contributed by atoms with Gasteiger partial charge < -0.3 is 9.47 Å². The fourth-order valence-electron chi connectivity index (χ4n) is 1.52. The van der Waals surface area contributed by atoms with Gasteiger partial charge in [0.25, 0.3) is 0 Å². The van der Waals surface area contributed by atoms with Crippen LogP contribution in [0.2, 0.25) is 0 Å². The Kier molecular flexibility index (Phi) is 3.94. The second kappa shape index (κ2) is 5.66. The normalized spacial score (nSPS) is 18.1. The first-order valence-electron chi connectivity index (χ1n) is 5.66. The number of carbonyl (C=O) groups is 1. The van der Waals surface area contributed by atoms with Crippen molar-refractivity contribution in [1.29, 1.82) is 0 Å². The fourth-order valence-corrected chi connectivity index (χ4v) is 1.52. The summed E-state index contributed by atoms with van der Waals surface area (Å²) >= 11 is 0. The largest absolute Gasteiger partial charge is 0.461 e. The zero-order chi connectivity index (χ0) is 11.2. The highest BCUT2D eigenvalue weighted by atomic mass is 16.6. The second-order valence-electron chi connectivity index (χ2n) is 3.99. The summed E-state index contributed by atoms with van der Waals surface area (Å²) in [6, 6.07) is 9.72. The average molecular weight is 220 g/mol. The van der Waals surface area contributed by atoms with Gasteiger partial charge in [0.1, 0.15) is 6.61 Å². The van der Waals surface area contributed by atoms with E-state index in [9.17, 15) is 4.79 Å². The van der Waals surface area contributed by atoms with E-state index in [-0.39, 0.29) is 5.97 Å². The molecular weight excluding hydrogens is 204 g/mol. The molecule has 0 aliphatic carbocycles. The number of rotatable bonds is 6. The van der Waals surface area contributed by atoms with Gasteiger partial charge in [-0.3, -0.25) is 4.79 Å². The van der Waals surface area contributed by atoms with Gasteiger partial charge in [0.15, 0.2) is 0 Å². The molecule has 0 bridgehead atoms. The zero-order valence-electron chi connectivity index (χ0n) is 9.22. The number of ether oxygens (including phenoxy) is 2. The molecular formula is C13H16O3. The molecule has 1 saturated heterocycles. The van der Waals surface area contributed by atoms with E-state index in [2.05, 4.69) is 0 Å². The molecule has 1 aromatic carbocycles. The van der Waals surface area contributed by atoms with E-state index in [1.165, 1.54) is 0 Å². The highest BCUT2D eigenvalue weighted by Crippen LogP contribution is 2.16. The summed E-state index contributed by atoms with van der Waals surface area (Å²) in [5, 5.41) is 0. The van der Waals surface area contributed by atoms with E-state index in [1.807, 2.05) is 30.3 Å². The first-order chi connectivity index (χ1) is 7.84. The predicted molar refractivity (Wildman–Crippen MR) is 59.8 cm³/mol. The van der Waals surface area contributed by atoms with Crippen molar-refractivity contribution in [3.63, 3.8) is 0 Å². The topological polar surface area (TPSA) is 38.8 Å². The molecule has 16 heavy (non-hydrogen) atoms. The van der Waals surface area contributed by atoms with Gasteiger partial charge in [0.05, 0.1) is 12.7 Å². The van der Waals surface area contributed by atoms with Crippen LogP contribution in [0.15, 0.2) is 30.3 Å². The van der Waals surface area contributed by atoms with Crippen molar-refractivity contribution in [3.8, 4) is 0 Å². The molecule has 0 N–H and O–H groups in total.